The summed E-state index contributed by atoms with van der Waals surface area (Å²) in [6.45, 7) is 3.83. The molecule has 102 valence electrons. The van der Waals surface area contributed by atoms with Crippen LogP contribution in [-0.4, -0.2) is 43.7 Å². The molecule has 0 aromatic carbocycles. The summed E-state index contributed by atoms with van der Waals surface area (Å²) in [7, 11) is 0. The lowest BCUT2D eigenvalue weighted by Gasteiger charge is -2.35. The highest BCUT2D eigenvalue weighted by molar-refractivity contribution is 5.85. The quantitative estimate of drug-likeness (QED) is 0.651. The van der Waals surface area contributed by atoms with Crippen LogP contribution in [0, 0.1) is 0 Å². The van der Waals surface area contributed by atoms with Gasteiger partial charge in [-0.2, -0.15) is 0 Å². The molecular formula is C13H23N2O3+. The molecular weight excluding hydrogens is 232 g/mol. The second kappa shape index (κ2) is 6.18. The zero-order valence-electron chi connectivity index (χ0n) is 11.0. The first-order chi connectivity index (χ1) is 8.72. The van der Waals surface area contributed by atoms with Crippen LogP contribution >= 0.6 is 0 Å². The number of piperazine rings is 1. The molecule has 2 N–H and O–H groups in total. The van der Waals surface area contributed by atoms with E-state index in [4.69, 9.17) is 4.74 Å². The highest BCUT2D eigenvalue weighted by Crippen LogP contribution is 2.16. The van der Waals surface area contributed by atoms with Crippen molar-refractivity contribution in [2.75, 3.05) is 19.7 Å². The molecule has 2 rings (SSSR count). The smallest absolute Gasteiger partial charge is 0.312 e. The second-order valence-electron chi connectivity index (χ2n) is 5.16. The summed E-state index contributed by atoms with van der Waals surface area (Å²) in [4.78, 5) is 24.9. The fourth-order valence-electron chi connectivity index (χ4n) is 3.19. The SMILES string of the molecule is CCOC(=O)C[C@@H]1C(=O)NCC[NH+]1C1CCCC1. The van der Waals surface area contributed by atoms with Crippen LogP contribution in [0.25, 0.3) is 0 Å². The van der Waals surface area contributed by atoms with Gasteiger partial charge in [0.2, 0.25) is 0 Å². The molecule has 18 heavy (non-hydrogen) atoms. The summed E-state index contributed by atoms with van der Waals surface area (Å²) in [6.07, 6.45) is 5.08. The molecule has 2 atom stereocenters. The van der Waals surface area contributed by atoms with Gasteiger partial charge in [-0.25, -0.2) is 0 Å². The predicted molar refractivity (Wildman–Crippen MR) is 66.1 cm³/mol. The minimum atomic E-state index is -0.255. The molecule has 1 amide bonds. The summed E-state index contributed by atoms with van der Waals surface area (Å²) in [5, 5.41) is 2.87. The van der Waals surface area contributed by atoms with Crippen LogP contribution in [0.1, 0.15) is 39.0 Å². The molecule has 5 nitrogen and oxygen atoms in total. The van der Waals surface area contributed by atoms with Gasteiger partial charge in [-0.05, 0) is 32.6 Å². The first kappa shape index (κ1) is 13.3. The van der Waals surface area contributed by atoms with Gasteiger partial charge >= 0.3 is 5.97 Å². The Hall–Kier alpha value is -1.10. The first-order valence-corrected chi connectivity index (χ1v) is 7.01. The number of amides is 1. The Kier molecular flexibility index (Phi) is 4.58. The van der Waals surface area contributed by atoms with Crippen molar-refractivity contribution >= 4 is 11.9 Å². The molecule has 0 aromatic heterocycles. The number of hydrogen-bond acceptors (Lipinski definition) is 3. The third-order valence-corrected chi connectivity index (χ3v) is 4.03. The van der Waals surface area contributed by atoms with Crippen LogP contribution < -0.4 is 10.2 Å². The molecule has 2 aliphatic rings. The van der Waals surface area contributed by atoms with E-state index in [1.54, 1.807) is 6.92 Å². The zero-order chi connectivity index (χ0) is 13.0. The standard InChI is InChI=1S/C13H22N2O3/c1-2-18-12(16)9-11-13(17)14-7-8-15(11)10-5-3-4-6-10/h10-11H,2-9H2,1H3,(H,14,17)/p+1/t11-/m1/s1. The Balaban J connectivity index is 2.00. The molecule has 2 fully saturated rings. The van der Waals surface area contributed by atoms with E-state index in [9.17, 15) is 9.59 Å². The van der Waals surface area contributed by atoms with Crippen molar-refractivity contribution in [1.29, 1.82) is 0 Å². The highest BCUT2D eigenvalue weighted by Gasteiger charge is 2.40. The Morgan fingerprint density at radius 3 is 2.83 bits per heavy atom. The number of ether oxygens (including phenoxy) is 1. The molecule has 1 saturated carbocycles. The summed E-state index contributed by atoms with van der Waals surface area (Å²) < 4.78 is 4.97. The van der Waals surface area contributed by atoms with Crippen LogP contribution in [0.3, 0.4) is 0 Å². The maximum Gasteiger partial charge on any atom is 0.312 e. The van der Waals surface area contributed by atoms with E-state index >= 15 is 0 Å². The van der Waals surface area contributed by atoms with Crippen LogP contribution in [0.4, 0.5) is 0 Å². The Bertz CT molecular complexity index is 313. The number of hydrogen-bond donors (Lipinski definition) is 2. The van der Waals surface area contributed by atoms with Crippen molar-refractivity contribution in [3.63, 3.8) is 0 Å². The highest BCUT2D eigenvalue weighted by atomic mass is 16.5. The van der Waals surface area contributed by atoms with Crippen molar-refractivity contribution in [2.24, 2.45) is 0 Å². The van der Waals surface area contributed by atoms with Crippen molar-refractivity contribution in [2.45, 2.75) is 51.1 Å². The molecule has 0 radical (unpaired) electrons. The summed E-state index contributed by atoms with van der Waals surface area (Å²) in [5.74, 6) is -0.244. The van der Waals surface area contributed by atoms with Gasteiger partial charge in [-0.1, -0.05) is 0 Å². The Labute approximate surface area is 108 Å². The number of carbonyl (C=O) groups excluding carboxylic acids is 2. The fourth-order valence-corrected chi connectivity index (χ4v) is 3.19. The molecule has 0 spiro atoms. The molecule has 0 bridgehead atoms. The molecule has 1 aliphatic carbocycles. The summed E-state index contributed by atoms with van der Waals surface area (Å²) in [6, 6.07) is 0.302. The molecule has 5 heteroatoms. The van der Waals surface area contributed by atoms with Gasteiger partial charge in [0.25, 0.3) is 5.91 Å². The average Bonchev–Trinajstić information content (AvgIpc) is 2.85. The van der Waals surface area contributed by atoms with Crippen molar-refractivity contribution < 1.29 is 19.2 Å². The van der Waals surface area contributed by atoms with Crippen molar-refractivity contribution in [1.82, 2.24) is 5.32 Å². The molecule has 1 unspecified atom stereocenters. The van der Waals surface area contributed by atoms with Crippen molar-refractivity contribution in [3.8, 4) is 0 Å². The number of quaternary nitrogens is 1. The fraction of sp³-hybridized carbons (Fsp3) is 0.846. The topological polar surface area (TPSA) is 59.8 Å². The zero-order valence-corrected chi connectivity index (χ0v) is 11.0. The minimum absolute atomic E-state index is 0.0104. The largest absolute Gasteiger partial charge is 0.466 e. The van der Waals surface area contributed by atoms with E-state index in [-0.39, 0.29) is 24.3 Å². The van der Waals surface area contributed by atoms with E-state index in [0.29, 0.717) is 12.6 Å². The first-order valence-electron chi connectivity index (χ1n) is 7.01. The summed E-state index contributed by atoms with van der Waals surface area (Å²) in [5.41, 5.74) is 0. The average molecular weight is 255 g/mol. The number of carbonyl (C=O) groups is 2. The van der Waals surface area contributed by atoms with Crippen LogP contribution in [0.15, 0.2) is 0 Å². The Morgan fingerprint density at radius 2 is 2.17 bits per heavy atom. The maximum atomic E-state index is 12.0. The second-order valence-corrected chi connectivity index (χ2v) is 5.16. The van der Waals surface area contributed by atoms with Gasteiger partial charge in [0.05, 0.1) is 25.7 Å². The predicted octanol–water partition coefficient (Wildman–Crippen LogP) is -0.734. The maximum absolute atomic E-state index is 12.0. The molecule has 1 saturated heterocycles. The lowest BCUT2D eigenvalue weighted by molar-refractivity contribution is -0.941. The monoisotopic (exact) mass is 255 g/mol. The summed E-state index contributed by atoms with van der Waals surface area (Å²) >= 11 is 0. The van der Waals surface area contributed by atoms with Gasteiger partial charge in [0.1, 0.15) is 6.42 Å². The van der Waals surface area contributed by atoms with E-state index < -0.39 is 0 Å². The van der Waals surface area contributed by atoms with Crippen LogP contribution in [0.5, 0.6) is 0 Å². The lowest BCUT2D eigenvalue weighted by atomic mass is 10.0. The minimum Gasteiger partial charge on any atom is -0.466 e. The van der Waals surface area contributed by atoms with Gasteiger partial charge in [0, 0.05) is 0 Å². The van der Waals surface area contributed by atoms with Crippen LogP contribution in [0.2, 0.25) is 0 Å². The van der Waals surface area contributed by atoms with E-state index in [0.717, 1.165) is 13.1 Å². The number of rotatable bonds is 4. The van der Waals surface area contributed by atoms with Gasteiger partial charge in [0.15, 0.2) is 6.04 Å². The molecule has 1 aliphatic heterocycles. The van der Waals surface area contributed by atoms with Gasteiger partial charge < -0.3 is 15.0 Å². The number of nitrogens with one attached hydrogen (secondary N) is 2. The molecule has 0 aromatic rings. The lowest BCUT2D eigenvalue weighted by Crippen LogP contribution is -3.22. The third-order valence-electron chi connectivity index (χ3n) is 4.03. The van der Waals surface area contributed by atoms with E-state index in [1.807, 2.05) is 0 Å². The van der Waals surface area contributed by atoms with E-state index in [2.05, 4.69) is 5.32 Å². The van der Waals surface area contributed by atoms with Gasteiger partial charge in [-0.3, -0.25) is 9.59 Å². The third kappa shape index (κ3) is 3.02. The van der Waals surface area contributed by atoms with E-state index in [1.165, 1.54) is 30.6 Å². The number of esters is 1. The normalized spacial score (nSPS) is 29.1. The van der Waals surface area contributed by atoms with Gasteiger partial charge in [-0.15, -0.1) is 0 Å². The molecule has 1 heterocycles. The Morgan fingerprint density at radius 1 is 1.44 bits per heavy atom. The van der Waals surface area contributed by atoms with Crippen LogP contribution in [-0.2, 0) is 14.3 Å². The van der Waals surface area contributed by atoms with Crippen molar-refractivity contribution in [3.05, 3.63) is 0 Å².